The van der Waals surface area contributed by atoms with E-state index in [9.17, 15) is 0 Å². The highest BCUT2D eigenvalue weighted by Gasteiger charge is 2.19. The summed E-state index contributed by atoms with van der Waals surface area (Å²) in [6, 6.07) is 3.69. The molecule has 2 heterocycles. The second kappa shape index (κ2) is 6.01. The number of halogens is 2. The summed E-state index contributed by atoms with van der Waals surface area (Å²) in [5.74, 6) is 0.463. The zero-order valence-electron chi connectivity index (χ0n) is 9.57. The second-order valence-electron chi connectivity index (χ2n) is 4.49. The van der Waals surface area contributed by atoms with E-state index in [1.54, 1.807) is 6.07 Å². The average Bonchev–Trinajstić information content (AvgIpc) is 2.34. The molecule has 0 unspecified atom stereocenters. The molecule has 1 aromatic rings. The minimum Gasteiger partial charge on any atom is -0.396 e. The maximum Gasteiger partial charge on any atom is 0.135 e. The van der Waals surface area contributed by atoms with Gasteiger partial charge in [-0.25, -0.2) is 4.98 Å². The molecule has 3 nitrogen and oxygen atoms in total. The summed E-state index contributed by atoms with van der Waals surface area (Å²) in [6.45, 7) is 3.12. The number of hydrogen-bond donors (Lipinski definition) is 1. The van der Waals surface area contributed by atoms with Crippen LogP contribution in [0.1, 0.15) is 18.4 Å². The predicted molar refractivity (Wildman–Crippen MR) is 69.3 cm³/mol. The molecule has 1 N–H and O–H groups in total. The molecule has 17 heavy (non-hydrogen) atoms. The topological polar surface area (TPSA) is 36.4 Å². The van der Waals surface area contributed by atoms with E-state index in [4.69, 9.17) is 28.3 Å². The molecule has 2 rings (SSSR count). The molecule has 0 atom stereocenters. The molecule has 0 aromatic carbocycles. The molecular weight excluding hydrogens is 259 g/mol. The van der Waals surface area contributed by atoms with Crippen LogP contribution >= 0.6 is 23.2 Å². The van der Waals surface area contributed by atoms with Crippen LogP contribution in [0.4, 0.5) is 0 Å². The zero-order valence-corrected chi connectivity index (χ0v) is 11.1. The van der Waals surface area contributed by atoms with Gasteiger partial charge in [-0.15, -0.1) is 0 Å². The van der Waals surface area contributed by atoms with Crippen LogP contribution in [0, 0.1) is 5.92 Å². The van der Waals surface area contributed by atoms with Crippen LogP contribution in [0.25, 0.3) is 0 Å². The molecule has 0 spiro atoms. The molecule has 1 saturated heterocycles. The van der Waals surface area contributed by atoms with E-state index >= 15 is 0 Å². The number of pyridine rings is 1. The number of aliphatic hydroxyl groups excluding tert-OH is 1. The Morgan fingerprint density at radius 2 is 2.00 bits per heavy atom. The molecule has 0 aliphatic carbocycles. The van der Waals surface area contributed by atoms with Crippen LogP contribution in [0.2, 0.25) is 10.3 Å². The number of nitrogens with zero attached hydrogens (tertiary/aromatic N) is 2. The first-order chi connectivity index (χ1) is 8.19. The van der Waals surface area contributed by atoms with Gasteiger partial charge in [0.15, 0.2) is 0 Å². The van der Waals surface area contributed by atoms with Crippen molar-refractivity contribution in [2.75, 3.05) is 19.7 Å². The minimum atomic E-state index is 0.303. The molecule has 1 aliphatic rings. The van der Waals surface area contributed by atoms with Crippen LogP contribution in [0.15, 0.2) is 12.1 Å². The standard InChI is InChI=1S/C12H16Cl2N2O/c13-11-2-1-10(12(14)15-11)7-16-5-3-9(8-17)4-6-16/h1-2,9,17H,3-8H2. The smallest absolute Gasteiger partial charge is 0.135 e. The summed E-state index contributed by atoms with van der Waals surface area (Å²) < 4.78 is 0. The van der Waals surface area contributed by atoms with E-state index in [-0.39, 0.29) is 0 Å². The number of aliphatic hydroxyl groups is 1. The summed E-state index contributed by atoms with van der Waals surface area (Å²) in [5.41, 5.74) is 1.01. The monoisotopic (exact) mass is 274 g/mol. The van der Waals surface area contributed by atoms with Gasteiger partial charge in [0.1, 0.15) is 10.3 Å². The Balaban J connectivity index is 1.93. The molecule has 1 aliphatic heterocycles. The van der Waals surface area contributed by atoms with E-state index in [1.807, 2.05) is 6.07 Å². The fourth-order valence-electron chi connectivity index (χ4n) is 2.13. The zero-order chi connectivity index (χ0) is 12.3. The fraction of sp³-hybridized carbons (Fsp3) is 0.583. The predicted octanol–water partition coefficient (Wildman–Crippen LogP) is 2.59. The van der Waals surface area contributed by atoms with E-state index in [0.29, 0.717) is 22.8 Å². The van der Waals surface area contributed by atoms with Crippen LogP contribution in [0.3, 0.4) is 0 Å². The Hall–Kier alpha value is -0.350. The number of likely N-dealkylation sites (tertiary alicyclic amines) is 1. The maximum absolute atomic E-state index is 9.08. The first-order valence-electron chi connectivity index (χ1n) is 5.83. The normalized spacial score (nSPS) is 18.5. The summed E-state index contributed by atoms with van der Waals surface area (Å²) in [7, 11) is 0. The molecular formula is C12H16Cl2N2O. The van der Waals surface area contributed by atoms with Crippen molar-refractivity contribution in [3.05, 3.63) is 28.0 Å². The molecule has 0 saturated carbocycles. The largest absolute Gasteiger partial charge is 0.396 e. The molecule has 94 valence electrons. The quantitative estimate of drug-likeness (QED) is 0.861. The summed E-state index contributed by atoms with van der Waals surface area (Å²) >= 11 is 11.8. The first-order valence-corrected chi connectivity index (χ1v) is 6.58. The van der Waals surface area contributed by atoms with Gasteiger partial charge in [0, 0.05) is 18.7 Å². The first kappa shape index (κ1) is 13.1. The highest BCUT2D eigenvalue weighted by Crippen LogP contribution is 2.22. The SMILES string of the molecule is OCC1CCN(Cc2ccc(Cl)nc2Cl)CC1. The van der Waals surface area contributed by atoms with Crippen molar-refractivity contribution in [2.45, 2.75) is 19.4 Å². The van der Waals surface area contributed by atoms with Crippen LogP contribution in [-0.2, 0) is 6.54 Å². The van der Waals surface area contributed by atoms with E-state index in [2.05, 4.69) is 9.88 Å². The maximum atomic E-state index is 9.08. The highest BCUT2D eigenvalue weighted by atomic mass is 35.5. The lowest BCUT2D eigenvalue weighted by molar-refractivity contribution is 0.127. The Kier molecular flexibility index (Phi) is 4.62. The third kappa shape index (κ3) is 3.55. The Bertz CT molecular complexity index is 379. The van der Waals surface area contributed by atoms with E-state index in [0.717, 1.165) is 38.0 Å². The summed E-state index contributed by atoms with van der Waals surface area (Å²) in [6.07, 6.45) is 2.10. The molecule has 0 bridgehead atoms. The second-order valence-corrected chi connectivity index (χ2v) is 5.23. The lowest BCUT2D eigenvalue weighted by Gasteiger charge is -2.31. The van der Waals surface area contributed by atoms with Crippen molar-refractivity contribution in [1.82, 2.24) is 9.88 Å². The Morgan fingerprint density at radius 1 is 1.29 bits per heavy atom. The molecule has 0 amide bonds. The van der Waals surface area contributed by atoms with Gasteiger partial charge in [-0.1, -0.05) is 29.3 Å². The lowest BCUT2D eigenvalue weighted by atomic mass is 9.98. The van der Waals surface area contributed by atoms with Crippen molar-refractivity contribution in [1.29, 1.82) is 0 Å². The minimum absolute atomic E-state index is 0.303. The van der Waals surface area contributed by atoms with Gasteiger partial charge in [0.25, 0.3) is 0 Å². The van der Waals surface area contributed by atoms with Crippen LogP contribution < -0.4 is 0 Å². The number of rotatable bonds is 3. The van der Waals surface area contributed by atoms with Crippen molar-refractivity contribution in [3.8, 4) is 0 Å². The molecule has 0 radical (unpaired) electrons. The van der Waals surface area contributed by atoms with Gasteiger partial charge in [-0.05, 0) is 37.9 Å². The third-order valence-electron chi connectivity index (χ3n) is 3.25. The van der Waals surface area contributed by atoms with Gasteiger partial charge in [0.2, 0.25) is 0 Å². The van der Waals surface area contributed by atoms with Crippen molar-refractivity contribution in [3.63, 3.8) is 0 Å². The van der Waals surface area contributed by atoms with Crippen LogP contribution in [-0.4, -0.2) is 34.7 Å². The van der Waals surface area contributed by atoms with Gasteiger partial charge in [-0.3, -0.25) is 4.90 Å². The molecule has 1 aromatic heterocycles. The van der Waals surface area contributed by atoms with Gasteiger partial charge in [0.05, 0.1) is 0 Å². The van der Waals surface area contributed by atoms with Crippen LogP contribution in [0.5, 0.6) is 0 Å². The average molecular weight is 275 g/mol. The lowest BCUT2D eigenvalue weighted by Crippen LogP contribution is -2.34. The fourth-order valence-corrected chi connectivity index (χ4v) is 2.53. The summed E-state index contributed by atoms with van der Waals surface area (Å²) in [5, 5.41) is 9.99. The number of aromatic nitrogens is 1. The van der Waals surface area contributed by atoms with Crippen molar-refractivity contribution < 1.29 is 5.11 Å². The molecule has 1 fully saturated rings. The number of hydrogen-bond acceptors (Lipinski definition) is 3. The van der Waals surface area contributed by atoms with E-state index < -0.39 is 0 Å². The van der Waals surface area contributed by atoms with E-state index in [1.165, 1.54) is 0 Å². The van der Waals surface area contributed by atoms with Gasteiger partial charge < -0.3 is 5.11 Å². The van der Waals surface area contributed by atoms with Gasteiger partial charge >= 0.3 is 0 Å². The van der Waals surface area contributed by atoms with Gasteiger partial charge in [-0.2, -0.15) is 0 Å². The molecule has 5 heteroatoms. The Labute approximate surface area is 111 Å². The number of piperidine rings is 1. The third-order valence-corrected chi connectivity index (χ3v) is 3.79. The summed E-state index contributed by atoms with van der Waals surface area (Å²) in [4.78, 5) is 6.37. The Morgan fingerprint density at radius 3 is 2.59 bits per heavy atom. The van der Waals surface area contributed by atoms with Crippen molar-refractivity contribution >= 4 is 23.2 Å². The van der Waals surface area contributed by atoms with Crippen molar-refractivity contribution in [2.24, 2.45) is 5.92 Å². The highest BCUT2D eigenvalue weighted by molar-refractivity contribution is 6.32.